The second-order valence-corrected chi connectivity index (χ2v) is 6.31. The molecule has 0 atom stereocenters. The maximum atomic E-state index is 12.9. The quantitative estimate of drug-likeness (QED) is 0.717. The van der Waals surface area contributed by atoms with Crippen molar-refractivity contribution < 1.29 is 14.3 Å². The molecule has 0 spiro atoms. The topological polar surface area (TPSA) is 79.5 Å². The molecule has 6 nitrogen and oxygen atoms in total. The molecule has 0 aliphatic carbocycles. The fraction of sp³-hybridized carbons (Fsp3) is 0.556. The first-order valence-corrected chi connectivity index (χ1v) is 8.42. The fourth-order valence-corrected chi connectivity index (χ4v) is 3.03. The predicted octanol–water partition coefficient (Wildman–Crippen LogP) is 2.12. The van der Waals surface area contributed by atoms with Crippen molar-refractivity contribution in [3.63, 3.8) is 0 Å². The van der Waals surface area contributed by atoms with Crippen LogP contribution in [0.15, 0.2) is 18.2 Å². The van der Waals surface area contributed by atoms with Crippen LogP contribution in [0.4, 0.5) is 5.69 Å². The summed E-state index contributed by atoms with van der Waals surface area (Å²) in [4.78, 5) is 24.9. The number of halogens is 1. The number of benzene rings is 1. The van der Waals surface area contributed by atoms with Crippen molar-refractivity contribution in [3.05, 3.63) is 29.3 Å². The summed E-state index contributed by atoms with van der Waals surface area (Å²) in [7, 11) is 1.62. The molecule has 1 saturated heterocycles. The van der Waals surface area contributed by atoms with Gasteiger partial charge in [-0.1, -0.05) is 6.07 Å². The summed E-state index contributed by atoms with van der Waals surface area (Å²) in [6.07, 6.45) is 1.48. The van der Waals surface area contributed by atoms with Crippen LogP contribution in [-0.4, -0.2) is 45.2 Å². The van der Waals surface area contributed by atoms with Gasteiger partial charge in [0.15, 0.2) is 0 Å². The van der Waals surface area contributed by atoms with Crippen molar-refractivity contribution in [1.82, 2.24) is 10.6 Å². The Morgan fingerprint density at radius 1 is 1.28 bits per heavy atom. The van der Waals surface area contributed by atoms with Crippen LogP contribution in [-0.2, 0) is 9.53 Å². The Kier molecular flexibility index (Phi) is 8.35. The zero-order valence-electron chi connectivity index (χ0n) is 15.1. The number of methoxy groups -OCH3 is 1. The van der Waals surface area contributed by atoms with Gasteiger partial charge in [0.05, 0.1) is 12.0 Å². The lowest BCUT2D eigenvalue weighted by Gasteiger charge is -2.35. The summed E-state index contributed by atoms with van der Waals surface area (Å²) in [6.45, 7) is 6.36. The van der Waals surface area contributed by atoms with Crippen LogP contribution in [0.2, 0.25) is 0 Å². The third-order valence-electron chi connectivity index (χ3n) is 4.55. The van der Waals surface area contributed by atoms with Crippen molar-refractivity contribution in [1.29, 1.82) is 0 Å². The van der Waals surface area contributed by atoms with E-state index in [-0.39, 0.29) is 24.2 Å². The van der Waals surface area contributed by atoms with Gasteiger partial charge >= 0.3 is 0 Å². The summed E-state index contributed by atoms with van der Waals surface area (Å²) >= 11 is 0. The molecule has 0 radical (unpaired) electrons. The minimum absolute atomic E-state index is 0. The van der Waals surface area contributed by atoms with E-state index < -0.39 is 5.41 Å². The van der Waals surface area contributed by atoms with Crippen LogP contribution in [0.3, 0.4) is 0 Å². The zero-order valence-corrected chi connectivity index (χ0v) is 15.9. The Balaban J connectivity index is 0.00000312. The van der Waals surface area contributed by atoms with Gasteiger partial charge in [-0.05, 0) is 57.5 Å². The van der Waals surface area contributed by atoms with E-state index in [9.17, 15) is 9.59 Å². The van der Waals surface area contributed by atoms with Gasteiger partial charge in [-0.2, -0.15) is 0 Å². The monoisotopic (exact) mass is 369 g/mol. The Bertz CT molecular complexity index is 596. The second-order valence-electron chi connectivity index (χ2n) is 6.31. The summed E-state index contributed by atoms with van der Waals surface area (Å²) < 4.78 is 5.31. The van der Waals surface area contributed by atoms with E-state index in [0.717, 1.165) is 31.5 Å². The predicted molar refractivity (Wildman–Crippen MR) is 101 cm³/mol. The van der Waals surface area contributed by atoms with Crippen molar-refractivity contribution >= 4 is 29.9 Å². The average molecular weight is 370 g/mol. The molecule has 1 aromatic rings. The van der Waals surface area contributed by atoms with Gasteiger partial charge in [0.25, 0.3) is 5.91 Å². The number of piperidine rings is 1. The van der Waals surface area contributed by atoms with Crippen LogP contribution in [0.1, 0.15) is 35.7 Å². The van der Waals surface area contributed by atoms with Crippen LogP contribution in [0, 0.1) is 12.3 Å². The van der Waals surface area contributed by atoms with Crippen molar-refractivity contribution in [2.75, 3.05) is 38.7 Å². The maximum absolute atomic E-state index is 12.9. The molecule has 1 heterocycles. The molecule has 0 unspecified atom stereocenters. The molecule has 140 valence electrons. The standard InChI is InChI=1S/C18H27N3O3.ClH/c1-4-20-16(22)14-6-5-13(2)15(11-14)21-17(23)18(12-24-3)7-9-19-10-8-18;/h5-6,11,19H,4,7-10,12H2,1-3H3,(H,20,22)(H,21,23);1H. The highest BCUT2D eigenvalue weighted by Gasteiger charge is 2.39. The second kappa shape index (κ2) is 9.75. The SMILES string of the molecule is CCNC(=O)c1ccc(C)c(NC(=O)C2(COC)CCNCC2)c1.Cl. The number of hydrogen-bond acceptors (Lipinski definition) is 4. The summed E-state index contributed by atoms with van der Waals surface area (Å²) in [6, 6.07) is 5.36. The van der Waals surface area contributed by atoms with Gasteiger partial charge in [-0.3, -0.25) is 9.59 Å². The third-order valence-corrected chi connectivity index (χ3v) is 4.55. The number of hydrogen-bond donors (Lipinski definition) is 3. The molecule has 7 heteroatoms. The van der Waals surface area contributed by atoms with E-state index in [1.807, 2.05) is 19.9 Å². The van der Waals surface area contributed by atoms with Crippen LogP contribution in [0.5, 0.6) is 0 Å². The first kappa shape index (κ1) is 21.4. The summed E-state index contributed by atoms with van der Waals surface area (Å²) in [5.74, 6) is -0.177. The summed E-state index contributed by atoms with van der Waals surface area (Å²) in [5.41, 5.74) is 1.63. The lowest BCUT2D eigenvalue weighted by atomic mass is 9.78. The highest BCUT2D eigenvalue weighted by Crippen LogP contribution is 2.31. The number of carbonyl (C=O) groups is 2. The number of carbonyl (C=O) groups excluding carboxylic acids is 2. The first-order valence-electron chi connectivity index (χ1n) is 8.42. The molecular formula is C18H28ClN3O3. The van der Waals surface area contributed by atoms with Gasteiger partial charge < -0.3 is 20.7 Å². The minimum Gasteiger partial charge on any atom is -0.384 e. The molecular weight excluding hydrogens is 342 g/mol. The molecule has 3 N–H and O–H groups in total. The average Bonchev–Trinajstić information content (AvgIpc) is 2.58. The normalized spacial score (nSPS) is 15.8. The Morgan fingerprint density at radius 2 is 1.96 bits per heavy atom. The van der Waals surface area contributed by atoms with Gasteiger partial charge in [0.1, 0.15) is 0 Å². The van der Waals surface area contributed by atoms with E-state index in [0.29, 0.717) is 24.4 Å². The van der Waals surface area contributed by atoms with Crippen molar-refractivity contribution in [2.45, 2.75) is 26.7 Å². The van der Waals surface area contributed by atoms with Crippen molar-refractivity contribution in [3.8, 4) is 0 Å². The van der Waals surface area contributed by atoms with E-state index >= 15 is 0 Å². The molecule has 1 fully saturated rings. The van der Waals surface area contributed by atoms with E-state index in [2.05, 4.69) is 16.0 Å². The number of amides is 2. The zero-order chi connectivity index (χ0) is 17.6. The summed E-state index contributed by atoms with van der Waals surface area (Å²) in [5, 5.41) is 9.07. The maximum Gasteiger partial charge on any atom is 0.251 e. The van der Waals surface area contributed by atoms with Gasteiger partial charge in [0, 0.05) is 24.9 Å². The fourth-order valence-electron chi connectivity index (χ4n) is 3.03. The lowest BCUT2D eigenvalue weighted by molar-refractivity contribution is -0.130. The van der Waals surface area contributed by atoms with E-state index in [1.54, 1.807) is 19.2 Å². The van der Waals surface area contributed by atoms with E-state index in [1.165, 1.54) is 0 Å². The molecule has 0 bridgehead atoms. The number of nitrogens with one attached hydrogen (secondary N) is 3. The van der Waals surface area contributed by atoms with Crippen molar-refractivity contribution in [2.24, 2.45) is 5.41 Å². The third kappa shape index (κ3) is 5.17. The molecule has 0 aromatic heterocycles. The first-order chi connectivity index (χ1) is 11.5. The number of rotatable bonds is 6. The van der Waals surface area contributed by atoms with Gasteiger partial charge in [-0.15, -0.1) is 12.4 Å². The highest BCUT2D eigenvalue weighted by molar-refractivity contribution is 5.99. The Hall–Kier alpha value is -1.63. The Labute approximate surface area is 155 Å². The molecule has 2 amide bonds. The molecule has 25 heavy (non-hydrogen) atoms. The Morgan fingerprint density at radius 3 is 2.56 bits per heavy atom. The molecule has 1 aliphatic rings. The number of anilines is 1. The highest BCUT2D eigenvalue weighted by atomic mass is 35.5. The molecule has 0 saturated carbocycles. The smallest absolute Gasteiger partial charge is 0.251 e. The van der Waals surface area contributed by atoms with Crippen LogP contribution >= 0.6 is 12.4 Å². The number of ether oxygens (including phenoxy) is 1. The largest absolute Gasteiger partial charge is 0.384 e. The molecule has 1 aromatic carbocycles. The number of aryl methyl sites for hydroxylation is 1. The molecule has 1 aliphatic heterocycles. The van der Waals surface area contributed by atoms with Crippen LogP contribution in [0.25, 0.3) is 0 Å². The molecule has 2 rings (SSSR count). The van der Waals surface area contributed by atoms with Gasteiger partial charge in [0.2, 0.25) is 5.91 Å². The minimum atomic E-state index is -0.520. The van der Waals surface area contributed by atoms with E-state index in [4.69, 9.17) is 4.74 Å². The van der Waals surface area contributed by atoms with Crippen LogP contribution < -0.4 is 16.0 Å². The van der Waals surface area contributed by atoms with Gasteiger partial charge in [-0.25, -0.2) is 0 Å². The lowest BCUT2D eigenvalue weighted by Crippen LogP contribution is -2.47.